The average Bonchev–Trinajstić information content (AvgIpc) is 2.61. The molecule has 5 nitrogen and oxygen atoms in total. The van der Waals surface area contributed by atoms with E-state index >= 15 is 0 Å². The van der Waals surface area contributed by atoms with Gasteiger partial charge in [-0.25, -0.2) is 13.1 Å². The zero-order valence-electron chi connectivity index (χ0n) is 13.7. The van der Waals surface area contributed by atoms with Gasteiger partial charge < -0.3 is 4.74 Å². The SMILES string of the molecule is Cc1cccc(S(=O)(=O)NC(c2cccnc2)C2CCOCC2)c1. The van der Waals surface area contributed by atoms with Crippen LogP contribution in [0.2, 0.25) is 0 Å². The van der Waals surface area contributed by atoms with E-state index in [2.05, 4.69) is 9.71 Å². The molecule has 1 N–H and O–H groups in total. The summed E-state index contributed by atoms with van der Waals surface area (Å²) in [4.78, 5) is 4.45. The fourth-order valence-corrected chi connectivity index (χ4v) is 4.46. The zero-order valence-corrected chi connectivity index (χ0v) is 14.5. The molecule has 2 heterocycles. The summed E-state index contributed by atoms with van der Waals surface area (Å²) in [7, 11) is -3.60. The predicted octanol–water partition coefficient (Wildman–Crippen LogP) is 2.84. The van der Waals surface area contributed by atoms with Gasteiger partial charge in [0.05, 0.1) is 10.9 Å². The minimum Gasteiger partial charge on any atom is -0.381 e. The van der Waals surface area contributed by atoms with Crippen LogP contribution in [0.1, 0.15) is 30.0 Å². The minimum absolute atomic E-state index is 0.197. The first-order valence-electron chi connectivity index (χ1n) is 8.13. The Morgan fingerprint density at radius 1 is 1.21 bits per heavy atom. The van der Waals surface area contributed by atoms with Gasteiger partial charge in [-0.15, -0.1) is 0 Å². The van der Waals surface area contributed by atoms with Crippen molar-refractivity contribution in [3.8, 4) is 0 Å². The molecule has 128 valence electrons. The zero-order chi connectivity index (χ0) is 17.0. The van der Waals surface area contributed by atoms with E-state index in [0.717, 1.165) is 24.0 Å². The van der Waals surface area contributed by atoms with Crippen molar-refractivity contribution in [2.24, 2.45) is 5.92 Å². The van der Waals surface area contributed by atoms with Crippen molar-refractivity contribution < 1.29 is 13.2 Å². The lowest BCUT2D eigenvalue weighted by molar-refractivity contribution is 0.0564. The molecular weight excluding hydrogens is 324 g/mol. The van der Waals surface area contributed by atoms with Gasteiger partial charge in [0.25, 0.3) is 0 Å². The van der Waals surface area contributed by atoms with Crippen molar-refractivity contribution >= 4 is 10.0 Å². The number of benzene rings is 1. The second-order valence-corrected chi connectivity index (χ2v) is 7.87. The van der Waals surface area contributed by atoms with Gasteiger partial charge in [0.2, 0.25) is 10.0 Å². The molecule has 6 heteroatoms. The fraction of sp³-hybridized carbons (Fsp3) is 0.389. The molecule has 1 fully saturated rings. The first kappa shape index (κ1) is 17.1. The lowest BCUT2D eigenvalue weighted by Crippen LogP contribution is -2.36. The highest BCUT2D eigenvalue weighted by Crippen LogP contribution is 2.31. The molecule has 1 aliphatic heterocycles. The van der Waals surface area contributed by atoms with Gasteiger partial charge in [0, 0.05) is 25.6 Å². The molecule has 0 radical (unpaired) electrons. The van der Waals surface area contributed by atoms with E-state index in [-0.39, 0.29) is 12.0 Å². The number of ether oxygens (including phenoxy) is 1. The first-order chi connectivity index (χ1) is 11.6. The quantitative estimate of drug-likeness (QED) is 0.904. The molecule has 2 aromatic rings. The monoisotopic (exact) mass is 346 g/mol. The van der Waals surface area contributed by atoms with Crippen LogP contribution in [0.15, 0.2) is 53.7 Å². The number of pyridine rings is 1. The Balaban J connectivity index is 1.91. The Morgan fingerprint density at radius 3 is 2.67 bits per heavy atom. The second kappa shape index (κ2) is 7.42. The molecule has 1 aromatic heterocycles. The maximum absolute atomic E-state index is 12.8. The molecule has 0 bridgehead atoms. The van der Waals surface area contributed by atoms with Gasteiger partial charge in [-0.2, -0.15) is 0 Å². The van der Waals surface area contributed by atoms with E-state index in [0.29, 0.717) is 18.1 Å². The van der Waals surface area contributed by atoms with Crippen LogP contribution in [0.4, 0.5) is 0 Å². The molecule has 1 aromatic carbocycles. The van der Waals surface area contributed by atoms with Crippen LogP contribution in [-0.4, -0.2) is 26.6 Å². The molecule has 1 atom stereocenters. The molecule has 0 amide bonds. The number of rotatable bonds is 5. The molecule has 1 aliphatic rings. The van der Waals surface area contributed by atoms with Gasteiger partial charge in [-0.1, -0.05) is 18.2 Å². The molecule has 0 aliphatic carbocycles. The summed E-state index contributed by atoms with van der Waals surface area (Å²) >= 11 is 0. The average molecular weight is 346 g/mol. The number of hydrogen-bond donors (Lipinski definition) is 1. The molecule has 0 saturated carbocycles. The van der Waals surface area contributed by atoms with E-state index in [1.54, 1.807) is 30.6 Å². The highest BCUT2D eigenvalue weighted by molar-refractivity contribution is 7.89. The summed E-state index contributed by atoms with van der Waals surface area (Å²) in [6, 6.07) is 10.4. The number of sulfonamides is 1. The van der Waals surface area contributed by atoms with Gasteiger partial charge in [0.15, 0.2) is 0 Å². The van der Waals surface area contributed by atoms with Gasteiger partial charge >= 0.3 is 0 Å². The summed E-state index contributed by atoms with van der Waals surface area (Å²) < 4.78 is 34.0. The second-order valence-electron chi connectivity index (χ2n) is 6.15. The number of nitrogens with one attached hydrogen (secondary N) is 1. The molecule has 24 heavy (non-hydrogen) atoms. The third kappa shape index (κ3) is 4.01. The van der Waals surface area contributed by atoms with E-state index in [1.807, 2.05) is 25.1 Å². The fourth-order valence-electron chi connectivity index (χ4n) is 3.06. The van der Waals surface area contributed by atoms with Crippen molar-refractivity contribution in [3.05, 3.63) is 59.9 Å². The Labute approximate surface area is 143 Å². The Kier molecular flexibility index (Phi) is 5.28. The smallest absolute Gasteiger partial charge is 0.241 e. The van der Waals surface area contributed by atoms with Crippen LogP contribution < -0.4 is 4.72 Å². The summed E-state index contributed by atoms with van der Waals surface area (Å²) in [5.41, 5.74) is 1.81. The maximum atomic E-state index is 12.8. The van der Waals surface area contributed by atoms with Crippen LogP contribution >= 0.6 is 0 Å². The normalized spacial score (nSPS) is 17.5. The first-order valence-corrected chi connectivity index (χ1v) is 9.61. The van der Waals surface area contributed by atoms with Crippen LogP contribution in [0.5, 0.6) is 0 Å². The van der Waals surface area contributed by atoms with Gasteiger partial charge in [-0.05, 0) is 55.0 Å². The van der Waals surface area contributed by atoms with Crippen LogP contribution in [-0.2, 0) is 14.8 Å². The molecule has 1 saturated heterocycles. The van der Waals surface area contributed by atoms with Crippen molar-refractivity contribution in [1.82, 2.24) is 9.71 Å². The Hall–Kier alpha value is -1.76. The van der Waals surface area contributed by atoms with E-state index in [1.165, 1.54) is 0 Å². The summed E-state index contributed by atoms with van der Waals surface area (Å²) in [5.74, 6) is 0.197. The Bertz CT molecular complexity index is 772. The lowest BCUT2D eigenvalue weighted by Gasteiger charge is -2.31. The van der Waals surface area contributed by atoms with E-state index in [9.17, 15) is 8.42 Å². The predicted molar refractivity (Wildman–Crippen MR) is 92.0 cm³/mol. The van der Waals surface area contributed by atoms with Crippen molar-refractivity contribution in [2.75, 3.05) is 13.2 Å². The topological polar surface area (TPSA) is 68.3 Å². The van der Waals surface area contributed by atoms with E-state index < -0.39 is 10.0 Å². The Morgan fingerprint density at radius 2 is 2.00 bits per heavy atom. The third-order valence-electron chi connectivity index (χ3n) is 4.36. The molecule has 0 spiro atoms. The number of hydrogen-bond acceptors (Lipinski definition) is 4. The summed E-state index contributed by atoms with van der Waals surface area (Å²) in [6.07, 6.45) is 5.09. The molecular formula is C18H22N2O3S. The van der Waals surface area contributed by atoms with Crippen molar-refractivity contribution in [1.29, 1.82) is 0 Å². The molecule has 3 rings (SSSR count). The minimum atomic E-state index is -3.60. The van der Waals surface area contributed by atoms with Crippen LogP contribution in [0, 0.1) is 12.8 Å². The highest BCUT2D eigenvalue weighted by atomic mass is 32.2. The maximum Gasteiger partial charge on any atom is 0.241 e. The van der Waals surface area contributed by atoms with Crippen molar-refractivity contribution in [2.45, 2.75) is 30.7 Å². The summed E-state index contributed by atoms with van der Waals surface area (Å²) in [6.45, 7) is 3.21. The number of aromatic nitrogens is 1. The number of nitrogens with zero attached hydrogens (tertiary/aromatic N) is 1. The highest BCUT2D eigenvalue weighted by Gasteiger charge is 2.30. The standard InChI is InChI=1S/C18H22N2O3S/c1-14-4-2-6-17(12-14)24(21,22)20-18(15-7-10-23-11-8-15)16-5-3-9-19-13-16/h2-6,9,12-13,15,18,20H,7-8,10-11H2,1H3. The van der Waals surface area contributed by atoms with E-state index in [4.69, 9.17) is 4.74 Å². The van der Waals surface area contributed by atoms with Crippen molar-refractivity contribution in [3.63, 3.8) is 0 Å². The largest absolute Gasteiger partial charge is 0.381 e. The van der Waals surface area contributed by atoms with Gasteiger partial charge in [0.1, 0.15) is 0 Å². The third-order valence-corrected chi connectivity index (χ3v) is 5.80. The van der Waals surface area contributed by atoms with Crippen LogP contribution in [0.3, 0.4) is 0 Å². The lowest BCUT2D eigenvalue weighted by atomic mass is 9.88. The summed E-state index contributed by atoms with van der Waals surface area (Å²) in [5, 5.41) is 0. The van der Waals surface area contributed by atoms with Gasteiger partial charge in [-0.3, -0.25) is 4.98 Å². The van der Waals surface area contributed by atoms with Crippen LogP contribution in [0.25, 0.3) is 0 Å². The number of aryl methyl sites for hydroxylation is 1. The molecule has 1 unspecified atom stereocenters.